The average molecular weight is 352 g/mol. The van der Waals surface area contributed by atoms with Gasteiger partial charge < -0.3 is 10.1 Å². The molecule has 4 heteroatoms. The number of nitrogens with one attached hydrogen (secondary N) is 1. The van der Waals surface area contributed by atoms with Crippen LogP contribution < -0.4 is 10.1 Å². The third kappa shape index (κ3) is 4.29. The molecule has 112 valence electrons. The van der Waals surface area contributed by atoms with E-state index in [0.717, 1.165) is 17.7 Å². The molecule has 1 N–H and O–H groups in total. The normalized spacial score (nSPS) is 12.2. The van der Waals surface area contributed by atoms with E-state index in [0.29, 0.717) is 11.0 Å². The second-order valence-electron chi connectivity index (χ2n) is 4.86. The minimum atomic E-state index is -0.235. The van der Waals surface area contributed by atoms with E-state index in [-0.39, 0.29) is 11.9 Å². The highest BCUT2D eigenvalue weighted by Gasteiger charge is 2.09. The average Bonchev–Trinajstić information content (AvgIpc) is 2.52. The fourth-order valence-electron chi connectivity index (χ4n) is 2.22. The Labute approximate surface area is 133 Å². The Morgan fingerprint density at radius 1 is 1.19 bits per heavy atom. The van der Waals surface area contributed by atoms with Crippen LogP contribution in [-0.4, -0.2) is 7.11 Å². The maximum atomic E-state index is 13.2. The predicted molar refractivity (Wildman–Crippen MR) is 87.0 cm³/mol. The summed E-state index contributed by atoms with van der Waals surface area (Å²) in [5.74, 6) is 0.622. The molecule has 0 saturated carbocycles. The first-order valence-electron chi connectivity index (χ1n) is 6.95. The lowest BCUT2D eigenvalue weighted by atomic mass is 10.0. The molecule has 0 bridgehead atoms. The first-order valence-corrected chi connectivity index (χ1v) is 7.74. The van der Waals surface area contributed by atoms with Crippen molar-refractivity contribution in [1.29, 1.82) is 0 Å². The maximum Gasteiger partial charge on any atom is 0.137 e. The van der Waals surface area contributed by atoms with Crippen molar-refractivity contribution in [2.24, 2.45) is 0 Å². The van der Waals surface area contributed by atoms with Gasteiger partial charge >= 0.3 is 0 Å². The second-order valence-corrected chi connectivity index (χ2v) is 5.72. The Kier molecular flexibility index (Phi) is 5.76. The van der Waals surface area contributed by atoms with Crippen molar-refractivity contribution in [3.05, 3.63) is 63.9 Å². The molecule has 0 heterocycles. The molecule has 2 rings (SSSR count). The van der Waals surface area contributed by atoms with Crippen LogP contribution in [-0.2, 0) is 6.54 Å². The molecular formula is C17H19BrFNO. The minimum Gasteiger partial charge on any atom is -0.497 e. The summed E-state index contributed by atoms with van der Waals surface area (Å²) in [5, 5.41) is 3.50. The SMILES string of the molecule is CCC(NCc1ccc(F)c(Br)c1)c1ccc(OC)cc1. The maximum absolute atomic E-state index is 13.2. The summed E-state index contributed by atoms with van der Waals surface area (Å²) in [6.07, 6.45) is 0.981. The topological polar surface area (TPSA) is 21.3 Å². The zero-order chi connectivity index (χ0) is 15.2. The van der Waals surface area contributed by atoms with E-state index in [1.807, 2.05) is 18.2 Å². The summed E-state index contributed by atoms with van der Waals surface area (Å²) in [4.78, 5) is 0. The molecule has 2 aromatic carbocycles. The molecule has 0 spiro atoms. The molecule has 1 unspecified atom stereocenters. The Morgan fingerprint density at radius 2 is 1.90 bits per heavy atom. The van der Waals surface area contributed by atoms with Crippen LogP contribution in [0.4, 0.5) is 4.39 Å². The molecule has 0 aliphatic carbocycles. The van der Waals surface area contributed by atoms with E-state index < -0.39 is 0 Å². The van der Waals surface area contributed by atoms with Gasteiger partial charge in [-0.3, -0.25) is 0 Å². The van der Waals surface area contributed by atoms with E-state index in [1.165, 1.54) is 11.6 Å². The lowest BCUT2D eigenvalue weighted by molar-refractivity contribution is 0.414. The lowest BCUT2D eigenvalue weighted by Gasteiger charge is -2.18. The number of rotatable bonds is 6. The van der Waals surface area contributed by atoms with E-state index in [9.17, 15) is 4.39 Å². The van der Waals surface area contributed by atoms with Crippen LogP contribution in [0.3, 0.4) is 0 Å². The largest absolute Gasteiger partial charge is 0.497 e. The van der Waals surface area contributed by atoms with Gasteiger partial charge in [0.1, 0.15) is 11.6 Å². The number of benzene rings is 2. The fraction of sp³-hybridized carbons (Fsp3) is 0.294. The van der Waals surface area contributed by atoms with Crippen LogP contribution in [0.25, 0.3) is 0 Å². The molecule has 0 aliphatic rings. The summed E-state index contributed by atoms with van der Waals surface area (Å²) in [7, 11) is 1.66. The Balaban J connectivity index is 2.02. The summed E-state index contributed by atoms with van der Waals surface area (Å²) in [5.41, 5.74) is 2.27. The molecule has 21 heavy (non-hydrogen) atoms. The summed E-state index contributed by atoms with van der Waals surface area (Å²) < 4.78 is 18.9. The standard InChI is InChI=1S/C17H19BrFNO/c1-3-17(13-5-7-14(21-2)8-6-13)20-11-12-4-9-16(19)15(18)10-12/h4-10,17,20H,3,11H2,1-2H3. The van der Waals surface area contributed by atoms with Gasteiger partial charge in [-0.1, -0.05) is 25.1 Å². The quantitative estimate of drug-likeness (QED) is 0.803. The Bertz CT molecular complexity index is 586. The van der Waals surface area contributed by atoms with Crippen LogP contribution in [0.5, 0.6) is 5.75 Å². The molecule has 1 atom stereocenters. The molecule has 0 fully saturated rings. The van der Waals surface area contributed by atoms with E-state index in [2.05, 4.69) is 40.3 Å². The Morgan fingerprint density at radius 3 is 2.48 bits per heavy atom. The number of ether oxygens (including phenoxy) is 1. The van der Waals surface area contributed by atoms with E-state index >= 15 is 0 Å². The van der Waals surface area contributed by atoms with Gasteiger partial charge in [0.2, 0.25) is 0 Å². The molecule has 0 aliphatic heterocycles. The van der Waals surface area contributed by atoms with Crippen molar-refractivity contribution in [3.8, 4) is 5.75 Å². The molecule has 0 radical (unpaired) electrons. The van der Waals surface area contributed by atoms with Gasteiger partial charge in [-0.25, -0.2) is 4.39 Å². The van der Waals surface area contributed by atoms with Gasteiger partial charge in [0.15, 0.2) is 0 Å². The molecule has 0 aromatic heterocycles. The van der Waals surface area contributed by atoms with Crippen molar-refractivity contribution in [2.45, 2.75) is 25.9 Å². The van der Waals surface area contributed by atoms with Crippen molar-refractivity contribution in [2.75, 3.05) is 7.11 Å². The molecule has 0 amide bonds. The first kappa shape index (κ1) is 16.0. The van der Waals surface area contributed by atoms with Crippen molar-refractivity contribution >= 4 is 15.9 Å². The van der Waals surface area contributed by atoms with Gasteiger partial charge in [-0.2, -0.15) is 0 Å². The summed E-state index contributed by atoms with van der Waals surface area (Å²) in [6, 6.07) is 13.4. The first-order chi connectivity index (χ1) is 10.1. The van der Waals surface area contributed by atoms with Gasteiger partial charge in [0.05, 0.1) is 11.6 Å². The number of halogens is 2. The summed E-state index contributed by atoms with van der Waals surface area (Å²) in [6.45, 7) is 2.84. The second kappa shape index (κ2) is 7.57. The van der Waals surface area contributed by atoms with Gasteiger partial charge in [-0.05, 0) is 57.7 Å². The van der Waals surface area contributed by atoms with E-state index in [1.54, 1.807) is 13.2 Å². The van der Waals surface area contributed by atoms with Crippen LogP contribution in [0.15, 0.2) is 46.9 Å². The third-order valence-electron chi connectivity index (χ3n) is 3.46. The van der Waals surface area contributed by atoms with E-state index in [4.69, 9.17) is 4.74 Å². The highest BCUT2D eigenvalue weighted by Crippen LogP contribution is 2.21. The smallest absolute Gasteiger partial charge is 0.137 e. The van der Waals surface area contributed by atoms with Crippen LogP contribution in [0.2, 0.25) is 0 Å². The monoisotopic (exact) mass is 351 g/mol. The zero-order valence-corrected chi connectivity index (χ0v) is 13.8. The molecule has 2 nitrogen and oxygen atoms in total. The minimum absolute atomic E-state index is 0.235. The number of hydrogen-bond acceptors (Lipinski definition) is 2. The highest BCUT2D eigenvalue weighted by atomic mass is 79.9. The fourth-order valence-corrected chi connectivity index (χ4v) is 2.65. The zero-order valence-electron chi connectivity index (χ0n) is 12.2. The van der Waals surface area contributed by atoms with Crippen LogP contribution in [0.1, 0.15) is 30.5 Å². The predicted octanol–water partition coefficient (Wildman–Crippen LogP) is 4.84. The number of hydrogen-bond donors (Lipinski definition) is 1. The van der Waals surface area contributed by atoms with Crippen molar-refractivity contribution in [1.82, 2.24) is 5.32 Å². The van der Waals surface area contributed by atoms with Gasteiger partial charge in [-0.15, -0.1) is 0 Å². The lowest BCUT2D eigenvalue weighted by Crippen LogP contribution is -2.20. The van der Waals surface area contributed by atoms with Crippen LogP contribution in [0, 0.1) is 5.82 Å². The van der Waals surface area contributed by atoms with Gasteiger partial charge in [0, 0.05) is 12.6 Å². The molecule has 0 saturated heterocycles. The summed E-state index contributed by atoms with van der Waals surface area (Å²) >= 11 is 3.21. The molecule has 2 aromatic rings. The van der Waals surface area contributed by atoms with Crippen LogP contribution >= 0.6 is 15.9 Å². The van der Waals surface area contributed by atoms with Crippen molar-refractivity contribution in [3.63, 3.8) is 0 Å². The third-order valence-corrected chi connectivity index (χ3v) is 4.07. The van der Waals surface area contributed by atoms with Crippen molar-refractivity contribution < 1.29 is 9.13 Å². The van der Waals surface area contributed by atoms with Gasteiger partial charge in [0.25, 0.3) is 0 Å². The molecular weight excluding hydrogens is 333 g/mol. The number of methoxy groups -OCH3 is 1. The highest BCUT2D eigenvalue weighted by molar-refractivity contribution is 9.10. The Hall–Kier alpha value is -1.39.